The lowest BCUT2D eigenvalue weighted by Crippen LogP contribution is -2.01. The van der Waals surface area contributed by atoms with Gasteiger partial charge < -0.3 is 9.42 Å². The van der Waals surface area contributed by atoms with Gasteiger partial charge in [0.2, 0.25) is 0 Å². The van der Waals surface area contributed by atoms with Crippen LogP contribution in [-0.2, 0) is 16.3 Å². The number of rotatable bonds is 14. The molecule has 0 saturated carbocycles. The quantitative estimate of drug-likeness (QED) is 0.193. The van der Waals surface area contributed by atoms with Crippen LogP contribution in [0, 0.1) is 0 Å². The molecule has 32 heavy (non-hydrogen) atoms. The summed E-state index contributed by atoms with van der Waals surface area (Å²) in [5, 5.41) is 0. The van der Waals surface area contributed by atoms with Crippen LogP contribution in [0.3, 0.4) is 0 Å². The fourth-order valence-electron chi connectivity index (χ4n) is 3.87. The normalized spacial score (nSPS) is 13.1. The zero-order valence-electron chi connectivity index (χ0n) is 18.5. The molecule has 1 atom stereocenters. The highest BCUT2D eigenvalue weighted by Crippen LogP contribution is 2.44. The third kappa shape index (κ3) is 8.88. The van der Waals surface area contributed by atoms with Gasteiger partial charge in [0.1, 0.15) is 5.75 Å². The van der Waals surface area contributed by atoms with Crippen molar-refractivity contribution in [2.24, 2.45) is 0 Å². The SMILES string of the molecule is OP(=S)(OCCCCCCCCC(c1ccccc1)c1ccccc1)Oc1ccccc1. The lowest BCUT2D eigenvalue weighted by atomic mass is 9.87. The average Bonchev–Trinajstić information content (AvgIpc) is 2.82. The lowest BCUT2D eigenvalue weighted by molar-refractivity contribution is 0.250. The standard InChI is InChI=1S/C27H33O3PS/c28-31(32,30-26-20-12-7-13-21-26)29-23-15-4-2-1-3-14-22-27(24-16-8-5-9-17-24)25-18-10-6-11-19-25/h5-13,16-21,27H,1-4,14-15,22-23H2,(H,28,32). The van der Waals surface area contributed by atoms with E-state index in [0.717, 1.165) is 12.8 Å². The van der Waals surface area contributed by atoms with Crippen molar-refractivity contribution in [3.8, 4) is 5.75 Å². The van der Waals surface area contributed by atoms with E-state index in [9.17, 15) is 4.89 Å². The van der Waals surface area contributed by atoms with E-state index in [2.05, 4.69) is 60.7 Å². The number of para-hydroxylation sites is 1. The molecule has 3 aromatic rings. The summed E-state index contributed by atoms with van der Waals surface area (Å²) < 4.78 is 10.9. The lowest BCUT2D eigenvalue weighted by Gasteiger charge is -2.18. The second-order valence-corrected chi connectivity index (χ2v) is 10.8. The number of unbranched alkanes of at least 4 members (excludes halogenated alkanes) is 5. The molecular weight excluding hydrogens is 435 g/mol. The zero-order chi connectivity index (χ0) is 22.5. The first-order chi connectivity index (χ1) is 15.6. The van der Waals surface area contributed by atoms with Crippen LogP contribution >= 0.6 is 6.72 Å². The highest BCUT2D eigenvalue weighted by atomic mass is 32.5. The predicted octanol–water partition coefficient (Wildman–Crippen LogP) is 7.86. The maximum absolute atomic E-state index is 10.2. The summed E-state index contributed by atoms with van der Waals surface area (Å²) in [6.07, 6.45) is 7.94. The van der Waals surface area contributed by atoms with Gasteiger partial charge in [0.05, 0.1) is 6.61 Å². The average molecular weight is 469 g/mol. The molecule has 0 aromatic heterocycles. The maximum atomic E-state index is 10.2. The van der Waals surface area contributed by atoms with Gasteiger partial charge in [-0.25, -0.2) is 0 Å². The molecule has 0 fully saturated rings. The highest BCUT2D eigenvalue weighted by Gasteiger charge is 2.16. The minimum Gasteiger partial charge on any atom is -0.424 e. The van der Waals surface area contributed by atoms with Gasteiger partial charge in [-0.2, -0.15) is 0 Å². The van der Waals surface area contributed by atoms with Crippen LogP contribution < -0.4 is 4.52 Å². The van der Waals surface area contributed by atoms with Crippen LogP contribution in [0.1, 0.15) is 62.0 Å². The summed E-state index contributed by atoms with van der Waals surface area (Å²) in [5.41, 5.74) is 2.79. The van der Waals surface area contributed by atoms with Gasteiger partial charge in [-0.3, -0.25) is 4.52 Å². The molecule has 0 aliphatic rings. The molecule has 0 bridgehead atoms. The molecule has 0 spiro atoms. The summed E-state index contributed by atoms with van der Waals surface area (Å²) >= 11 is 5.09. The van der Waals surface area contributed by atoms with E-state index in [1.165, 1.54) is 43.2 Å². The molecule has 5 heteroatoms. The van der Waals surface area contributed by atoms with Gasteiger partial charge in [0, 0.05) is 17.7 Å². The molecule has 170 valence electrons. The molecule has 3 rings (SSSR count). The summed E-state index contributed by atoms with van der Waals surface area (Å²) in [5.74, 6) is 1.01. The first-order valence-corrected chi connectivity index (χ1v) is 14.0. The van der Waals surface area contributed by atoms with E-state index in [1.54, 1.807) is 12.1 Å². The first-order valence-electron chi connectivity index (χ1n) is 11.5. The van der Waals surface area contributed by atoms with E-state index in [1.807, 2.05) is 18.2 Å². The molecule has 0 amide bonds. The maximum Gasteiger partial charge on any atom is 0.377 e. The fourth-order valence-corrected chi connectivity index (χ4v) is 5.16. The van der Waals surface area contributed by atoms with Gasteiger partial charge >= 0.3 is 6.72 Å². The molecule has 1 unspecified atom stereocenters. The van der Waals surface area contributed by atoms with Crippen molar-refractivity contribution < 1.29 is 13.9 Å². The van der Waals surface area contributed by atoms with Gasteiger partial charge in [-0.1, -0.05) is 111 Å². The minimum absolute atomic E-state index is 0.435. The van der Waals surface area contributed by atoms with E-state index in [0.29, 0.717) is 18.3 Å². The largest absolute Gasteiger partial charge is 0.424 e. The van der Waals surface area contributed by atoms with Crippen molar-refractivity contribution in [2.75, 3.05) is 6.61 Å². The number of hydrogen-bond acceptors (Lipinski definition) is 3. The van der Waals surface area contributed by atoms with Crippen molar-refractivity contribution >= 4 is 18.5 Å². The summed E-state index contributed by atoms with van der Waals surface area (Å²) in [4.78, 5) is 10.2. The Balaban J connectivity index is 1.30. The summed E-state index contributed by atoms with van der Waals surface area (Å²) in [6, 6.07) is 30.7. The van der Waals surface area contributed by atoms with Crippen molar-refractivity contribution in [3.63, 3.8) is 0 Å². The van der Waals surface area contributed by atoms with Gasteiger partial charge in [0.15, 0.2) is 0 Å². The Morgan fingerprint density at radius 1 is 0.656 bits per heavy atom. The van der Waals surface area contributed by atoms with Crippen LogP contribution in [0.5, 0.6) is 5.75 Å². The summed E-state index contributed by atoms with van der Waals surface area (Å²) in [7, 11) is 0. The van der Waals surface area contributed by atoms with Crippen molar-refractivity contribution in [1.29, 1.82) is 0 Å². The molecular formula is C27H33O3PS. The molecule has 0 radical (unpaired) electrons. The predicted molar refractivity (Wildman–Crippen MR) is 137 cm³/mol. The molecule has 0 saturated heterocycles. The Hall–Kier alpha value is -1.97. The van der Waals surface area contributed by atoms with Crippen LogP contribution in [0.2, 0.25) is 0 Å². The third-order valence-electron chi connectivity index (χ3n) is 5.51. The second-order valence-electron chi connectivity index (χ2n) is 7.99. The molecule has 0 aliphatic carbocycles. The minimum atomic E-state index is -3.22. The monoisotopic (exact) mass is 468 g/mol. The first kappa shape index (κ1) is 24.7. The Kier molecular flexibility index (Phi) is 10.4. The Bertz CT molecular complexity index is 895. The van der Waals surface area contributed by atoms with E-state index in [4.69, 9.17) is 20.9 Å². The Morgan fingerprint density at radius 2 is 1.12 bits per heavy atom. The van der Waals surface area contributed by atoms with Crippen molar-refractivity contribution in [2.45, 2.75) is 50.9 Å². The fraction of sp³-hybridized carbons (Fsp3) is 0.333. The van der Waals surface area contributed by atoms with Crippen LogP contribution in [0.15, 0.2) is 91.0 Å². The van der Waals surface area contributed by atoms with Crippen LogP contribution in [-0.4, -0.2) is 11.5 Å². The van der Waals surface area contributed by atoms with Crippen molar-refractivity contribution in [3.05, 3.63) is 102 Å². The highest BCUT2D eigenvalue weighted by molar-refractivity contribution is 8.07. The van der Waals surface area contributed by atoms with E-state index >= 15 is 0 Å². The van der Waals surface area contributed by atoms with E-state index in [-0.39, 0.29) is 0 Å². The van der Waals surface area contributed by atoms with Crippen LogP contribution in [0.4, 0.5) is 0 Å². The van der Waals surface area contributed by atoms with Gasteiger partial charge in [-0.05, 0) is 36.1 Å². The van der Waals surface area contributed by atoms with Gasteiger partial charge in [0.25, 0.3) is 0 Å². The summed E-state index contributed by atoms with van der Waals surface area (Å²) in [6.45, 7) is -2.78. The van der Waals surface area contributed by atoms with Crippen LogP contribution in [0.25, 0.3) is 0 Å². The van der Waals surface area contributed by atoms with Gasteiger partial charge in [-0.15, -0.1) is 0 Å². The topological polar surface area (TPSA) is 38.7 Å². The zero-order valence-corrected chi connectivity index (χ0v) is 20.2. The molecule has 1 N–H and O–H groups in total. The Morgan fingerprint density at radius 3 is 1.69 bits per heavy atom. The third-order valence-corrected chi connectivity index (χ3v) is 7.00. The number of hydrogen-bond donors (Lipinski definition) is 1. The molecule has 0 aliphatic heterocycles. The smallest absolute Gasteiger partial charge is 0.377 e. The molecule has 0 heterocycles. The molecule has 3 aromatic carbocycles. The Labute approximate surface area is 197 Å². The second kappa shape index (κ2) is 13.5. The van der Waals surface area contributed by atoms with Crippen molar-refractivity contribution in [1.82, 2.24) is 0 Å². The molecule has 3 nitrogen and oxygen atoms in total. The number of benzene rings is 3. The van der Waals surface area contributed by atoms with E-state index < -0.39 is 6.72 Å².